The molecule has 0 heteroatoms. The Hall–Kier alpha value is -7.80. The van der Waals surface area contributed by atoms with Gasteiger partial charge in [0.25, 0.3) is 0 Å². The minimum Gasteiger partial charge on any atom is -0.0622 e. The molecular formula is C63H42. The Morgan fingerprint density at radius 1 is 0.238 bits per heavy atom. The molecule has 0 aliphatic heterocycles. The Balaban J connectivity index is 1.12. The van der Waals surface area contributed by atoms with E-state index in [2.05, 4.69) is 232 Å². The third-order valence-electron chi connectivity index (χ3n) is 14.2. The molecule has 13 rings (SSSR count). The standard InChI is InChI=1S/C63H42/c1-63(2)58-23-12-11-20-49(58)54-37-56-57(38-59(54)63)61(44-30-26-42(27-31-44)40-16-7-4-8-17-40)55-36-45(32-33-53(55)60(56)43-28-24-41(25-29-43)39-14-5-3-6-15-39)46-34-35-52-48-19-10-9-18-47(48)51-22-13-21-50(46)62(51)52/h3-38H,1-2H3. The van der Waals surface area contributed by atoms with Crippen molar-refractivity contribution in [3.05, 3.63) is 230 Å². The first-order valence-electron chi connectivity index (χ1n) is 22.2. The zero-order chi connectivity index (χ0) is 41.8. The molecule has 0 atom stereocenters. The molecule has 0 bridgehead atoms. The van der Waals surface area contributed by atoms with E-state index in [0.29, 0.717) is 0 Å². The maximum absolute atomic E-state index is 2.55. The van der Waals surface area contributed by atoms with Crippen LogP contribution < -0.4 is 0 Å². The van der Waals surface area contributed by atoms with Crippen LogP contribution in [0.15, 0.2) is 218 Å². The molecule has 0 unspecified atom stereocenters. The molecule has 0 saturated carbocycles. The van der Waals surface area contributed by atoms with Crippen LogP contribution in [0.25, 0.3) is 121 Å². The summed E-state index contributed by atoms with van der Waals surface area (Å²) in [5, 5.41) is 7.72. The van der Waals surface area contributed by atoms with Gasteiger partial charge in [0.2, 0.25) is 0 Å². The summed E-state index contributed by atoms with van der Waals surface area (Å²) < 4.78 is 0. The van der Waals surface area contributed by atoms with Gasteiger partial charge in [-0.05, 0) is 151 Å². The highest BCUT2D eigenvalue weighted by Crippen LogP contribution is 2.54. The Morgan fingerprint density at radius 2 is 0.698 bits per heavy atom. The Labute approximate surface area is 368 Å². The Kier molecular flexibility index (Phi) is 7.75. The zero-order valence-corrected chi connectivity index (χ0v) is 35.3. The maximum Gasteiger partial charge on any atom is 0.0159 e. The molecule has 0 amide bonds. The minimum absolute atomic E-state index is 0.148. The lowest BCUT2D eigenvalue weighted by Crippen LogP contribution is -2.14. The second-order valence-corrected chi connectivity index (χ2v) is 17.9. The van der Waals surface area contributed by atoms with E-state index in [4.69, 9.17) is 0 Å². The Bertz CT molecular complexity index is 3620. The molecule has 0 fully saturated rings. The predicted molar refractivity (Wildman–Crippen MR) is 268 cm³/mol. The molecular weight excluding hydrogens is 757 g/mol. The third kappa shape index (κ3) is 5.35. The van der Waals surface area contributed by atoms with Gasteiger partial charge in [0.1, 0.15) is 0 Å². The topological polar surface area (TPSA) is 0 Å². The fourth-order valence-electron chi connectivity index (χ4n) is 11.2. The number of fused-ring (bicyclic) bond motifs is 8. The van der Waals surface area contributed by atoms with E-state index in [1.165, 1.54) is 132 Å². The largest absolute Gasteiger partial charge is 0.0622 e. The second-order valence-electron chi connectivity index (χ2n) is 17.9. The van der Waals surface area contributed by atoms with Crippen molar-refractivity contribution in [3.8, 4) is 89.0 Å². The van der Waals surface area contributed by atoms with E-state index in [9.17, 15) is 0 Å². The van der Waals surface area contributed by atoms with E-state index in [0.717, 1.165) is 0 Å². The number of hydrogen-bond donors (Lipinski definition) is 0. The summed E-state index contributed by atoms with van der Waals surface area (Å²) in [4.78, 5) is 0. The van der Waals surface area contributed by atoms with E-state index >= 15 is 0 Å². The van der Waals surface area contributed by atoms with Crippen molar-refractivity contribution in [2.24, 2.45) is 0 Å². The van der Waals surface area contributed by atoms with Crippen molar-refractivity contribution in [3.63, 3.8) is 0 Å². The quantitative estimate of drug-likeness (QED) is 0.152. The second kappa shape index (κ2) is 13.6. The van der Waals surface area contributed by atoms with E-state index in [1.807, 2.05) is 0 Å². The summed E-state index contributed by atoms with van der Waals surface area (Å²) in [5.74, 6) is 0. The summed E-state index contributed by atoms with van der Waals surface area (Å²) >= 11 is 0. The normalized spacial score (nSPS) is 13.0. The first-order chi connectivity index (χ1) is 31.0. The molecule has 63 heavy (non-hydrogen) atoms. The zero-order valence-electron chi connectivity index (χ0n) is 35.3. The average molecular weight is 799 g/mol. The predicted octanol–water partition coefficient (Wildman–Crippen LogP) is 17.4. The lowest BCUT2D eigenvalue weighted by atomic mass is 9.79. The van der Waals surface area contributed by atoms with Crippen molar-refractivity contribution < 1.29 is 0 Å². The van der Waals surface area contributed by atoms with Crippen LogP contribution in [0, 0.1) is 0 Å². The van der Waals surface area contributed by atoms with Crippen LogP contribution in [0.1, 0.15) is 25.0 Å². The van der Waals surface area contributed by atoms with Gasteiger partial charge in [0, 0.05) is 5.41 Å². The van der Waals surface area contributed by atoms with Crippen molar-refractivity contribution in [2.45, 2.75) is 19.3 Å². The van der Waals surface area contributed by atoms with Crippen LogP contribution in [0.3, 0.4) is 0 Å². The van der Waals surface area contributed by atoms with Crippen LogP contribution in [0.5, 0.6) is 0 Å². The van der Waals surface area contributed by atoms with Crippen molar-refractivity contribution >= 4 is 32.3 Å². The van der Waals surface area contributed by atoms with Crippen molar-refractivity contribution in [1.82, 2.24) is 0 Å². The van der Waals surface area contributed by atoms with Crippen molar-refractivity contribution in [1.29, 1.82) is 0 Å². The molecule has 0 aromatic heterocycles. The fourth-order valence-corrected chi connectivity index (χ4v) is 11.2. The number of hydrogen-bond acceptors (Lipinski definition) is 0. The van der Waals surface area contributed by atoms with Crippen LogP contribution in [-0.2, 0) is 5.41 Å². The summed E-state index contributed by atoms with van der Waals surface area (Å²) in [7, 11) is 0. The van der Waals surface area contributed by atoms with Crippen molar-refractivity contribution in [2.75, 3.05) is 0 Å². The molecule has 0 heterocycles. The molecule has 2 aliphatic rings. The maximum atomic E-state index is 2.55. The molecule has 0 radical (unpaired) electrons. The number of rotatable bonds is 5. The molecule has 2 aliphatic carbocycles. The van der Waals surface area contributed by atoms with Gasteiger partial charge in [0.15, 0.2) is 0 Å². The van der Waals surface area contributed by atoms with Gasteiger partial charge in [-0.2, -0.15) is 0 Å². The molecule has 294 valence electrons. The van der Waals surface area contributed by atoms with Gasteiger partial charge in [-0.1, -0.05) is 214 Å². The number of benzene rings is 11. The summed E-state index contributed by atoms with van der Waals surface area (Å²) in [6.45, 7) is 4.79. The van der Waals surface area contributed by atoms with Gasteiger partial charge < -0.3 is 0 Å². The summed E-state index contributed by atoms with van der Waals surface area (Å²) in [6, 6.07) is 81.8. The Morgan fingerprint density at radius 3 is 1.35 bits per heavy atom. The van der Waals surface area contributed by atoms with Gasteiger partial charge >= 0.3 is 0 Å². The van der Waals surface area contributed by atoms with E-state index < -0.39 is 0 Å². The monoisotopic (exact) mass is 798 g/mol. The average Bonchev–Trinajstić information content (AvgIpc) is 3.79. The van der Waals surface area contributed by atoms with Gasteiger partial charge in [-0.3, -0.25) is 0 Å². The fraction of sp³-hybridized carbons (Fsp3) is 0.0476. The highest BCUT2D eigenvalue weighted by atomic mass is 14.4. The molecule has 11 aromatic rings. The van der Waals surface area contributed by atoms with Crippen LogP contribution in [0.2, 0.25) is 0 Å². The summed E-state index contributed by atoms with van der Waals surface area (Å²) in [6.07, 6.45) is 0. The summed E-state index contributed by atoms with van der Waals surface area (Å²) in [5.41, 5.74) is 22.9. The first kappa shape index (κ1) is 35.9. The smallest absolute Gasteiger partial charge is 0.0159 e. The van der Waals surface area contributed by atoms with Crippen LogP contribution in [0.4, 0.5) is 0 Å². The minimum atomic E-state index is -0.148. The lowest BCUT2D eigenvalue weighted by Gasteiger charge is -2.24. The van der Waals surface area contributed by atoms with Gasteiger partial charge in [0.05, 0.1) is 0 Å². The molecule has 0 N–H and O–H groups in total. The molecule has 0 saturated heterocycles. The third-order valence-corrected chi connectivity index (χ3v) is 14.2. The lowest BCUT2D eigenvalue weighted by molar-refractivity contribution is 0.661. The highest BCUT2D eigenvalue weighted by Gasteiger charge is 2.36. The van der Waals surface area contributed by atoms with Gasteiger partial charge in [-0.25, -0.2) is 0 Å². The van der Waals surface area contributed by atoms with Gasteiger partial charge in [-0.15, -0.1) is 0 Å². The molecule has 0 spiro atoms. The van der Waals surface area contributed by atoms with Crippen LogP contribution >= 0.6 is 0 Å². The van der Waals surface area contributed by atoms with E-state index in [1.54, 1.807) is 0 Å². The molecule has 11 aromatic carbocycles. The SMILES string of the molecule is CC1(C)c2ccccc2-c2cc3c(-c4ccc(-c5ccccc5)cc4)c4ccc(-c5ccc6c7c(cccc57)-c5ccccc5-6)cc4c(-c4ccc(-c5ccccc5)cc4)c3cc21. The van der Waals surface area contributed by atoms with Crippen LogP contribution in [-0.4, -0.2) is 0 Å². The molecule has 0 nitrogen and oxygen atoms in total. The first-order valence-corrected chi connectivity index (χ1v) is 22.2. The highest BCUT2D eigenvalue weighted by molar-refractivity contribution is 6.24. The van der Waals surface area contributed by atoms with E-state index in [-0.39, 0.29) is 5.41 Å².